The molecule has 0 atom stereocenters. The Morgan fingerprint density at radius 3 is 3.06 bits per heavy atom. The van der Waals surface area contributed by atoms with E-state index < -0.39 is 0 Å². The van der Waals surface area contributed by atoms with Crippen molar-refractivity contribution in [1.82, 2.24) is 10.3 Å². The van der Waals surface area contributed by atoms with Crippen molar-refractivity contribution in [3.05, 3.63) is 30.0 Å². The van der Waals surface area contributed by atoms with E-state index in [4.69, 9.17) is 4.74 Å². The molecule has 0 saturated heterocycles. The summed E-state index contributed by atoms with van der Waals surface area (Å²) in [5.74, 6) is 0.0110. The predicted molar refractivity (Wildman–Crippen MR) is 61.0 cm³/mol. The van der Waals surface area contributed by atoms with Crippen molar-refractivity contribution in [2.75, 3.05) is 13.1 Å². The van der Waals surface area contributed by atoms with Crippen molar-refractivity contribution in [1.29, 1.82) is 0 Å². The highest BCUT2D eigenvalue weighted by atomic mass is 16.5. The summed E-state index contributed by atoms with van der Waals surface area (Å²) in [4.78, 5) is 15.1. The first-order chi connectivity index (χ1) is 7.75. The molecule has 0 radical (unpaired) electrons. The number of carbonyl (C=O) groups excluding carboxylic acids is 1. The molecule has 1 aromatic rings. The number of esters is 1. The van der Waals surface area contributed by atoms with Gasteiger partial charge in [-0.15, -0.1) is 0 Å². The molecule has 0 aromatic carbocycles. The van der Waals surface area contributed by atoms with E-state index in [1.807, 2.05) is 12.1 Å². The largest absolute Gasteiger partial charge is 0.408 e. The van der Waals surface area contributed by atoms with Crippen LogP contribution in [0.1, 0.15) is 19.0 Å². The lowest BCUT2D eigenvalue weighted by atomic mass is 10.1. The van der Waals surface area contributed by atoms with E-state index in [9.17, 15) is 4.79 Å². The molecule has 1 aromatic heterocycles. The van der Waals surface area contributed by atoms with Crippen LogP contribution >= 0.6 is 0 Å². The SMILES string of the molecule is CC(=O)Oc1cccc(C2=CCCNC2)n1. The monoisotopic (exact) mass is 218 g/mol. The average molecular weight is 218 g/mol. The van der Waals surface area contributed by atoms with Crippen molar-refractivity contribution in [3.8, 4) is 5.88 Å². The molecule has 4 nitrogen and oxygen atoms in total. The van der Waals surface area contributed by atoms with E-state index in [1.165, 1.54) is 6.92 Å². The van der Waals surface area contributed by atoms with E-state index in [-0.39, 0.29) is 5.97 Å². The van der Waals surface area contributed by atoms with Crippen LogP contribution in [0.15, 0.2) is 24.3 Å². The maximum atomic E-state index is 10.8. The molecule has 4 heteroatoms. The number of nitrogens with zero attached hydrogens (tertiary/aromatic N) is 1. The number of hydrogen-bond acceptors (Lipinski definition) is 4. The molecular formula is C12H14N2O2. The van der Waals surface area contributed by atoms with Crippen LogP contribution in [0, 0.1) is 0 Å². The van der Waals surface area contributed by atoms with E-state index in [2.05, 4.69) is 16.4 Å². The molecule has 0 amide bonds. The Kier molecular flexibility index (Phi) is 3.31. The fraction of sp³-hybridized carbons (Fsp3) is 0.333. The summed E-state index contributed by atoms with van der Waals surface area (Å²) in [5.41, 5.74) is 2.02. The zero-order valence-corrected chi connectivity index (χ0v) is 9.19. The highest BCUT2D eigenvalue weighted by Crippen LogP contribution is 2.17. The fourth-order valence-electron chi connectivity index (χ4n) is 1.64. The van der Waals surface area contributed by atoms with E-state index in [0.29, 0.717) is 5.88 Å². The summed E-state index contributed by atoms with van der Waals surface area (Å²) in [6, 6.07) is 5.45. The lowest BCUT2D eigenvalue weighted by Crippen LogP contribution is -2.21. The number of rotatable bonds is 2. The Hall–Kier alpha value is -1.68. The summed E-state index contributed by atoms with van der Waals surface area (Å²) < 4.78 is 4.95. The van der Waals surface area contributed by atoms with Gasteiger partial charge in [0.25, 0.3) is 0 Å². The summed E-state index contributed by atoms with van der Waals surface area (Å²) in [5, 5.41) is 3.28. The first kappa shape index (κ1) is 10.8. The minimum atomic E-state index is -0.347. The molecule has 2 heterocycles. The molecular weight excluding hydrogens is 204 g/mol. The van der Waals surface area contributed by atoms with Crippen LogP contribution in [0.2, 0.25) is 0 Å². The first-order valence-electron chi connectivity index (χ1n) is 5.31. The quantitative estimate of drug-likeness (QED) is 0.762. The number of nitrogens with one attached hydrogen (secondary N) is 1. The molecule has 1 N–H and O–H groups in total. The minimum absolute atomic E-state index is 0.347. The van der Waals surface area contributed by atoms with Crippen molar-refractivity contribution >= 4 is 11.5 Å². The molecule has 16 heavy (non-hydrogen) atoms. The van der Waals surface area contributed by atoms with Crippen LogP contribution in [0.4, 0.5) is 0 Å². The molecule has 1 aliphatic rings. The fourth-order valence-corrected chi connectivity index (χ4v) is 1.64. The van der Waals surface area contributed by atoms with Gasteiger partial charge in [0.1, 0.15) is 0 Å². The highest BCUT2D eigenvalue weighted by molar-refractivity contribution is 5.69. The second-order valence-electron chi connectivity index (χ2n) is 3.65. The van der Waals surface area contributed by atoms with Crippen LogP contribution in [0.5, 0.6) is 5.88 Å². The molecule has 0 spiro atoms. The second-order valence-corrected chi connectivity index (χ2v) is 3.65. The van der Waals surface area contributed by atoms with Gasteiger partial charge in [-0.3, -0.25) is 4.79 Å². The van der Waals surface area contributed by atoms with Gasteiger partial charge in [0.15, 0.2) is 0 Å². The van der Waals surface area contributed by atoms with Gasteiger partial charge in [-0.05, 0) is 24.6 Å². The van der Waals surface area contributed by atoms with E-state index in [1.54, 1.807) is 6.07 Å². The van der Waals surface area contributed by atoms with Crippen LogP contribution in [0.3, 0.4) is 0 Å². The normalized spacial score (nSPS) is 15.4. The zero-order chi connectivity index (χ0) is 11.4. The Morgan fingerprint density at radius 2 is 2.38 bits per heavy atom. The molecule has 84 valence electrons. The molecule has 0 bridgehead atoms. The molecule has 0 unspecified atom stereocenters. The zero-order valence-electron chi connectivity index (χ0n) is 9.19. The van der Waals surface area contributed by atoms with Crippen molar-refractivity contribution in [2.24, 2.45) is 0 Å². The summed E-state index contributed by atoms with van der Waals surface area (Å²) in [7, 11) is 0. The van der Waals surface area contributed by atoms with Crippen LogP contribution in [0.25, 0.3) is 5.57 Å². The topological polar surface area (TPSA) is 51.2 Å². The smallest absolute Gasteiger partial charge is 0.309 e. The molecule has 0 aliphatic carbocycles. The van der Waals surface area contributed by atoms with Gasteiger partial charge in [0.05, 0.1) is 5.69 Å². The molecule has 0 saturated carbocycles. The Balaban J connectivity index is 2.21. The van der Waals surface area contributed by atoms with E-state index >= 15 is 0 Å². The summed E-state index contributed by atoms with van der Waals surface area (Å²) >= 11 is 0. The third-order valence-corrected chi connectivity index (χ3v) is 2.33. The van der Waals surface area contributed by atoms with Gasteiger partial charge in [-0.2, -0.15) is 0 Å². The average Bonchev–Trinajstić information content (AvgIpc) is 2.30. The van der Waals surface area contributed by atoms with Crippen LogP contribution < -0.4 is 10.1 Å². The van der Waals surface area contributed by atoms with Crippen molar-refractivity contribution < 1.29 is 9.53 Å². The van der Waals surface area contributed by atoms with Crippen LogP contribution in [-0.4, -0.2) is 24.0 Å². The maximum absolute atomic E-state index is 10.8. The van der Waals surface area contributed by atoms with Gasteiger partial charge in [-0.25, -0.2) is 4.98 Å². The number of carbonyl (C=O) groups is 1. The van der Waals surface area contributed by atoms with Gasteiger partial charge in [0, 0.05) is 19.5 Å². The lowest BCUT2D eigenvalue weighted by Gasteiger charge is -2.13. The Bertz CT molecular complexity index is 427. The Labute approximate surface area is 94.3 Å². The van der Waals surface area contributed by atoms with Gasteiger partial charge in [0.2, 0.25) is 5.88 Å². The van der Waals surface area contributed by atoms with E-state index in [0.717, 1.165) is 30.8 Å². The summed E-state index contributed by atoms with van der Waals surface area (Å²) in [6.45, 7) is 3.19. The number of hydrogen-bond donors (Lipinski definition) is 1. The van der Waals surface area contributed by atoms with Crippen LogP contribution in [-0.2, 0) is 4.79 Å². The van der Waals surface area contributed by atoms with Gasteiger partial charge >= 0.3 is 5.97 Å². The highest BCUT2D eigenvalue weighted by Gasteiger charge is 2.08. The van der Waals surface area contributed by atoms with Gasteiger partial charge in [-0.1, -0.05) is 12.1 Å². The van der Waals surface area contributed by atoms with Crippen molar-refractivity contribution in [2.45, 2.75) is 13.3 Å². The third kappa shape index (κ3) is 2.67. The summed E-state index contributed by atoms with van der Waals surface area (Å²) in [6.07, 6.45) is 3.17. The third-order valence-electron chi connectivity index (χ3n) is 2.33. The minimum Gasteiger partial charge on any atom is -0.408 e. The first-order valence-corrected chi connectivity index (χ1v) is 5.31. The van der Waals surface area contributed by atoms with Gasteiger partial charge < -0.3 is 10.1 Å². The number of pyridine rings is 1. The number of ether oxygens (including phenoxy) is 1. The molecule has 2 rings (SSSR count). The molecule has 0 fully saturated rings. The number of aromatic nitrogens is 1. The standard InChI is InChI=1S/C12H14N2O2/c1-9(15)16-12-6-2-5-11(14-12)10-4-3-7-13-8-10/h2,4-6,13H,3,7-8H2,1H3. The molecule has 1 aliphatic heterocycles. The second kappa shape index (κ2) is 4.90. The van der Waals surface area contributed by atoms with Crippen molar-refractivity contribution in [3.63, 3.8) is 0 Å². The Morgan fingerprint density at radius 1 is 1.50 bits per heavy atom. The predicted octanol–water partition coefficient (Wildman–Crippen LogP) is 1.38. The maximum Gasteiger partial charge on any atom is 0.309 e. The lowest BCUT2D eigenvalue weighted by molar-refractivity contribution is -0.132.